The maximum Gasteiger partial charge on any atom is 0.248 e. The number of anilines is 1. The van der Waals surface area contributed by atoms with Crippen LogP contribution in [-0.4, -0.2) is 34.7 Å². The third kappa shape index (κ3) is 3.57. The van der Waals surface area contributed by atoms with Gasteiger partial charge in [0.15, 0.2) is 0 Å². The van der Waals surface area contributed by atoms with E-state index in [0.717, 1.165) is 29.9 Å². The van der Waals surface area contributed by atoms with Gasteiger partial charge in [-0.05, 0) is 56.1 Å². The molecule has 144 valence electrons. The van der Waals surface area contributed by atoms with Crippen LogP contribution in [0.5, 0.6) is 0 Å². The van der Waals surface area contributed by atoms with Crippen molar-refractivity contribution in [1.29, 1.82) is 0 Å². The van der Waals surface area contributed by atoms with Gasteiger partial charge in [-0.1, -0.05) is 12.1 Å². The van der Waals surface area contributed by atoms with E-state index in [4.69, 9.17) is 0 Å². The second kappa shape index (κ2) is 7.70. The Morgan fingerprint density at radius 2 is 2.11 bits per heavy atom. The average Bonchev–Trinajstić information content (AvgIpc) is 3.30. The van der Waals surface area contributed by atoms with Crippen molar-refractivity contribution in [3.63, 3.8) is 0 Å². The van der Waals surface area contributed by atoms with Crippen molar-refractivity contribution < 1.29 is 9.59 Å². The van der Waals surface area contributed by atoms with Gasteiger partial charge in [0.1, 0.15) is 5.54 Å². The molecule has 1 aromatic carbocycles. The third-order valence-corrected chi connectivity index (χ3v) is 5.40. The number of nitrogens with one attached hydrogen (secondary N) is 3. The van der Waals surface area contributed by atoms with Gasteiger partial charge in [-0.2, -0.15) is 5.10 Å². The summed E-state index contributed by atoms with van der Waals surface area (Å²) in [5.41, 5.74) is 2.19. The molecule has 0 saturated carbocycles. The molecule has 0 radical (unpaired) electrons. The van der Waals surface area contributed by atoms with E-state index >= 15 is 0 Å². The quantitative estimate of drug-likeness (QED) is 0.743. The number of halogens is 1. The number of carbonyl (C=O) groups is 2. The molecule has 7 nitrogen and oxygen atoms in total. The molecular formula is C19H24ClN5O2. The minimum Gasteiger partial charge on any atom is -0.347 e. The molecule has 0 spiro atoms. The van der Waals surface area contributed by atoms with Crippen molar-refractivity contribution in [1.82, 2.24) is 20.4 Å². The fourth-order valence-electron chi connectivity index (χ4n) is 3.86. The van der Waals surface area contributed by atoms with Crippen molar-refractivity contribution in [2.75, 3.05) is 18.4 Å². The van der Waals surface area contributed by atoms with Crippen LogP contribution < -0.4 is 16.0 Å². The van der Waals surface area contributed by atoms with Gasteiger partial charge in [0.25, 0.3) is 0 Å². The summed E-state index contributed by atoms with van der Waals surface area (Å²) in [5.74, 6) is 0.00563. The lowest BCUT2D eigenvalue weighted by molar-refractivity contribution is -0.132. The SMILES string of the molecule is CC(NC(=O)C1(n2cccn2)CCNCC1)c1ccc2c(c1)CC(=O)N2.Cl. The van der Waals surface area contributed by atoms with E-state index in [1.54, 1.807) is 10.9 Å². The fourth-order valence-corrected chi connectivity index (χ4v) is 3.86. The van der Waals surface area contributed by atoms with Gasteiger partial charge in [-0.25, -0.2) is 0 Å². The van der Waals surface area contributed by atoms with Crippen LogP contribution in [0.4, 0.5) is 5.69 Å². The Morgan fingerprint density at radius 1 is 1.33 bits per heavy atom. The first-order valence-electron chi connectivity index (χ1n) is 9.03. The molecule has 2 amide bonds. The summed E-state index contributed by atoms with van der Waals surface area (Å²) in [6.45, 7) is 3.55. The maximum atomic E-state index is 13.2. The van der Waals surface area contributed by atoms with Gasteiger partial charge >= 0.3 is 0 Å². The van der Waals surface area contributed by atoms with E-state index in [9.17, 15) is 9.59 Å². The van der Waals surface area contributed by atoms with Gasteiger partial charge in [0, 0.05) is 18.1 Å². The highest BCUT2D eigenvalue weighted by molar-refractivity contribution is 5.99. The third-order valence-electron chi connectivity index (χ3n) is 5.40. The van der Waals surface area contributed by atoms with Crippen LogP contribution in [0.2, 0.25) is 0 Å². The largest absolute Gasteiger partial charge is 0.347 e. The number of amides is 2. The van der Waals surface area contributed by atoms with Gasteiger partial charge < -0.3 is 16.0 Å². The minimum atomic E-state index is -0.655. The number of hydrogen-bond acceptors (Lipinski definition) is 4. The highest BCUT2D eigenvalue weighted by atomic mass is 35.5. The molecule has 0 aliphatic carbocycles. The van der Waals surface area contributed by atoms with Crippen LogP contribution in [0.1, 0.15) is 36.9 Å². The molecular weight excluding hydrogens is 366 g/mol. The van der Waals surface area contributed by atoms with Crippen molar-refractivity contribution in [2.45, 2.75) is 37.8 Å². The van der Waals surface area contributed by atoms with Gasteiger partial charge in [-0.15, -0.1) is 12.4 Å². The lowest BCUT2D eigenvalue weighted by atomic mass is 9.87. The molecule has 8 heteroatoms. The fraction of sp³-hybridized carbons (Fsp3) is 0.421. The van der Waals surface area contributed by atoms with Gasteiger partial charge in [0.2, 0.25) is 11.8 Å². The van der Waals surface area contributed by atoms with Crippen molar-refractivity contribution in [2.24, 2.45) is 0 Å². The first-order chi connectivity index (χ1) is 12.6. The molecule has 0 bridgehead atoms. The van der Waals surface area contributed by atoms with E-state index in [0.29, 0.717) is 19.3 Å². The molecule has 3 N–H and O–H groups in total. The predicted molar refractivity (Wildman–Crippen MR) is 105 cm³/mol. The first kappa shape index (κ1) is 19.4. The number of hydrogen-bond donors (Lipinski definition) is 3. The van der Waals surface area contributed by atoms with Crippen LogP contribution >= 0.6 is 12.4 Å². The lowest BCUT2D eigenvalue weighted by Crippen LogP contribution is -2.55. The number of piperidine rings is 1. The van der Waals surface area contributed by atoms with E-state index in [1.165, 1.54) is 0 Å². The highest BCUT2D eigenvalue weighted by Gasteiger charge is 2.42. The van der Waals surface area contributed by atoms with Crippen LogP contribution in [0, 0.1) is 0 Å². The number of rotatable bonds is 4. The smallest absolute Gasteiger partial charge is 0.248 e. The highest BCUT2D eigenvalue weighted by Crippen LogP contribution is 2.30. The standard InChI is InChI=1S/C19H23N5O2.ClH/c1-13(14-3-4-16-15(11-14)12-17(25)23-16)22-18(26)19(5-8-20-9-6-19)24-10-2-7-21-24;/h2-4,7,10-11,13,20H,5-6,8-9,12H2,1H3,(H,22,26)(H,23,25);1H. The number of aromatic nitrogens is 2. The summed E-state index contributed by atoms with van der Waals surface area (Å²) >= 11 is 0. The van der Waals surface area contributed by atoms with E-state index < -0.39 is 5.54 Å². The Morgan fingerprint density at radius 3 is 2.81 bits per heavy atom. The number of fused-ring (bicyclic) bond motifs is 1. The van der Waals surface area contributed by atoms with Crippen LogP contribution in [0.3, 0.4) is 0 Å². The molecule has 1 unspecified atom stereocenters. The average molecular weight is 390 g/mol. The van der Waals surface area contributed by atoms with E-state index in [2.05, 4.69) is 21.0 Å². The number of carbonyl (C=O) groups excluding carboxylic acids is 2. The van der Waals surface area contributed by atoms with Gasteiger partial charge in [-0.3, -0.25) is 14.3 Å². The number of nitrogens with zero attached hydrogens (tertiary/aromatic N) is 2. The Labute approximate surface area is 164 Å². The van der Waals surface area contributed by atoms with Crippen LogP contribution in [-0.2, 0) is 21.5 Å². The Balaban J connectivity index is 0.00000210. The Bertz CT molecular complexity index is 831. The molecule has 3 heterocycles. The molecule has 4 rings (SSSR count). The zero-order valence-corrected chi connectivity index (χ0v) is 16.0. The molecule has 2 aliphatic heterocycles. The first-order valence-corrected chi connectivity index (χ1v) is 9.03. The summed E-state index contributed by atoms with van der Waals surface area (Å²) < 4.78 is 1.79. The van der Waals surface area contributed by atoms with Gasteiger partial charge in [0.05, 0.1) is 12.5 Å². The Hall–Kier alpha value is -2.38. The minimum absolute atomic E-state index is 0. The zero-order valence-electron chi connectivity index (χ0n) is 15.2. The summed E-state index contributed by atoms with van der Waals surface area (Å²) in [6, 6.07) is 7.57. The summed E-state index contributed by atoms with van der Waals surface area (Å²) in [6.07, 6.45) is 5.38. The summed E-state index contributed by atoms with van der Waals surface area (Å²) in [7, 11) is 0. The maximum absolute atomic E-state index is 13.2. The second-order valence-electron chi connectivity index (χ2n) is 7.07. The van der Waals surface area contributed by atoms with E-state index in [1.807, 2.05) is 37.4 Å². The second-order valence-corrected chi connectivity index (χ2v) is 7.07. The number of benzene rings is 1. The molecule has 1 saturated heterocycles. The van der Waals surface area contributed by atoms with E-state index in [-0.39, 0.29) is 30.3 Å². The molecule has 27 heavy (non-hydrogen) atoms. The molecule has 2 aliphatic rings. The summed E-state index contributed by atoms with van der Waals surface area (Å²) in [5, 5.41) is 13.7. The summed E-state index contributed by atoms with van der Waals surface area (Å²) in [4.78, 5) is 24.8. The molecule has 1 atom stereocenters. The Kier molecular flexibility index (Phi) is 5.53. The zero-order chi connectivity index (χ0) is 18.1. The topological polar surface area (TPSA) is 88.1 Å². The molecule has 1 aromatic heterocycles. The monoisotopic (exact) mass is 389 g/mol. The van der Waals surface area contributed by atoms with Crippen molar-refractivity contribution in [3.8, 4) is 0 Å². The predicted octanol–water partition coefficient (Wildman–Crippen LogP) is 1.76. The molecule has 1 fully saturated rings. The normalized spacial score (nSPS) is 18.8. The van der Waals surface area contributed by atoms with Crippen molar-refractivity contribution >= 4 is 29.9 Å². The van der Waals surface area contributed by atoms with Crippen LogP contribution in [0.25, 0.3) is 0 Å². The van der Waals surface area contributed by atoms with Crippen LogP contribution in [0.15, 0.2) is 36.7 Å². The molecule has 2 aromatic rings. The van der Waals surface area contributed by atoms with Crippen molar-refractivity contribution in [3.05, 3.63) is 47.8 Å². The lowest BCUT2D eigenvalue weighted by Gasteiger charge is -2.37.